The van der Waals surface area contributed by atoms with Crippen molar-refractivity contribution in [2.75, 3.05) is 31.4 Å². The lowest BCUT2D eigenvalue weighted by molar-refractivity contribution is -0.113. The number of methoxy groups -OCH3 is 1. The van der Waals surface area contributed by atoms with Crippen LogP contribution in [-0.2, 0) is 33.7 Å². The van der Waals surface area contributed by atoms with Gasteiger partial charge in [-0.3, -0.25) is 14.3 Å². The molecule has 0 aliphatic heterocycles. The average molecular weight is 488 g/mol. The number of pyridine rings is 1. The monoisotopic (exact) mass is 487 g/mol. The Labute approximate surface area is 199 Å². The number of amides is 1. The lowest BCUT2D eigenvalue weighted by Gasteiger charge is -2.10. The maximum absolute atomic E-state index is 12.8. The molecule has 11 heteroatoms. The fraction of sp³-hybridized carbons (Fsp3) is 0.409. The van der Waals surface area contributed by atoms with E-state index in [0.29, 0.717) is 41.3 Å². The third-order valence-electron chi connectivity index (χ3n) is 5.16. The van der Waals surface area contributed by atoms with Crippen LogP contribution in [-0.4, -0.2) is 57.7 Å². The number of hydrogen-bond donors (Lipinski definition) is 1. The summed E-state index contributed by atoms with van der Waals surface area (Å²) in [6, 6.07) is 3.72. The minimum atomic E-state index is -0.374. The molecule has 174 valence electrons. The normalized spacial score (nSPS) is 12.5. The number of aromatic nitrogens is 4. The van der Waals surface area contributed by atoms with Crippen LogP contribution in [0.2, 0.25) is 0 Å². The number of rotatable bonds is 10. The molecule has 1 N–H and O–H groups in total. The first-order chi connectivity index (χ1) is 16.1. The number of carbonyl (C=O) groups is 2. The molecule has 33 heavy (non-hydrogen) atoms. The summed E-state index contributed by atoms with van der Waals surface area (Å²) < 4.78 is 12.4. The van der Waals surface area contributed by atoms with Crippen LogP contribution in [0.3, 0.4) is 0 Å². The van der Waals surface area contributed by atoms with E-state index in [1.54, 1.807) is 26.4 Å². The molecule has 1 aliphatic rings. The minimum Gasteiger partial charge on any atom is -0.462 e. The zero-order valence-electron chi connectivity index (χ0n) is 18.5. The van der Waals surface area contributed by atoms with E-state index >= 15 is 0 Å². The molecule has 3 aromatic heterocycles. The number of ether oxygens (including phenoxy) is 2. The van der Waals surface area contributed by atoms with Gasteiger partial charge in [-0.2, -0.15) is 0 Å². The molecule has 1 aliphatic carbocycles. The molecule has 3 heterocycles. The van der Waals surface area contributed by atoms with E-state index in [1.165, 1.54) is 23.1 Å². The molecule has 0 aromatic carbocycles. The van der Waals surface area contributed by atoms with Crippen molar-refractivity contribution in [3.05, 3.63) is 40.5 Å². The van der Waals surface area contributed by atoms with Crippen molar-refractivity contribution >= 4 is 40.0 Å². The summed E-state index contributed by atoms with van der Waals surface area (Å²) in [6.45, 7) is 3.11. The van der Waals surface area contributed by atoms with Crippen LogP contribution in [0.4, 0.5) is 5.00 Å². The Balaban J connectivity index is 1.48. The van der Waals surface area contributed by atoms with E-state index in [0.717, 1.165) is 35.3 Å². The molecule has 0 fully saturated rings. The highest BCUT2D eigenvalue weighted by molar-refractivity contribution is 7.99. The predicted molar refractivity (Wildman–Crippen MR) is 127 cm³/mol. The molecule has 0 saturated heterocycles. The Morgan fingerprint density at radius 1 is 1.24 bits per heavy atom. The summed E-state index contributed by atoms with van der Waals surface area (Å²) in [6.07, 6.45) is 6.19. The summed E-state index contributed by atoms with van der Waals surface area (Å²) in [7, 11) is 1.64. The fourth-order valence-corrected chi connectivity index (χ4v) is 5.76. The van der Waals surface area contributed by atoms with Gasteiger partial charge in [0.15, 0.2) is 11.0 Å². The number of aryl methyl sites for hydroxylation is 1. The molecule has 9 nitrogen and oxygen atoms in total. The second-order valence-electron chi connectivity index (χ2n) is 7.31. The second kappa shape index (κ2) is 10.9. The number of esters is 1. The average Bonchev–Trinajstić information content (AvgIpc) is 3.51. The number of fused-ring (bicyclic) bond motifs is 1. The summed E-state index contributed by atoms with van der Waals surface area (Å²) in [5, 5.41) is 12.7. The van der Waals surface area contributed by atoms with Crippen LogP contribution in [0.1, 0.15) is 34.1 Å². The van der Waals surface area contributed by atoms with E-state index in [9.17, 15) is 9.59 Å². The third-order valence-corrected chi connectivity index (χ3v) is 7.33. The van der Waals surface area contributed by atoms with Crippen LogP contribution in [0.15, 0.2) is 29.7 Å². The second-order valence-corrected chi connectivity index (χ2v) is 9.35. The number of thioether (sulfide) groups is 1. The third kappa shape index (κ3) is 5.26. The van der Waals surface area contributed by atoms with Crippen molar-refractivity contribution in [1.82, 2.24) is 19.7 Å². The Kier molecular flexibility index (Phi) is 7.73. The van der Waals surface area contributed by atoms with Crippen LogP contribution < -0.4 is 5.32 Å². The van der Waals surface area contributed by atoms with E-state index < -0.39 is 0 Å². The molecule has 4 rings (SSSR count). The highest BCUT2D eigenvalue weighted by atomic mass is 32.2. The van der Waals surface area contributed by atoms with Crippen LogP contribution >= 0.6 is 23.1 Å². The van der Waals surface area contributed by atoms with E-state index in [4.69, 9.17) is 9.47 Å². The number of anilines is 1. The van der Waals surface area contributed by atoms with Gasteiger partial charge in [0.05, 0.1) is 31.1 Å². The number of thiophene rings is 1. The largest absolute Gasteiger partial charge is 0.462 e. The van der Waals surface area contributed by atoms with E-state index in [2.05, 4.69) is 20.5 Å². The molecule has 0 bridgehead atoms. The predicted octanol–water partition coefficient (Wildman–Crippen LogP) is 3.44. The lowest BCUT2D eigenvalue weighted by Crippen LogP contribution is -2.17. The number of carbonyl (C=O) groups excluding carboxylic acids is 2. The summed E-state index contributed by atoms with van der Waals surface area (Å²) >= 11 is 2.76. The van der Waals surface area contributed by atoms with Gasteiger partial charge in [-0.15, -0.1) is 21.5 Å². The molecular formula is C22H25N5O4S2. The smallest absolute Gasteiger partial charge is 0.341 e. The Morgan fingerprint density at radius 3 is 2.82 bits per heavy atom. The first-order valence-electron chi connectivity index (χ1n) is 10.7. The standard InChI is InChI=1S/C22H25N5O4S2/c1-3-31-21(29)18-15-5-4-6-16(15)33-20(18)24-17(28)13-32-22-26-25-19(27(22)11-12-30-2)14-7-9-23-10-8-14/h7-10H,3-6,11-13H2,1-2H3,(H,24,28). The van der Waals surface area contributed by atoms with Gasteiger partial charge >= 0.3 is 5.97 Å². The molecule has 0 unspecified atom stereocenters. The van der Waals surface area contributed by atoms with Gasteiger partial charge in [0, 0.05) is 29.9 Å². The molecule has 0 saturated carbocycles. The Morgan fingerprint density at radius 2 is 2.06 bits per heavy atom. The summed E-state index contributed by atoms with van der Waals surface area (Å²) in [4.78, 5) is 30.5. The first-order valence-corrected chi connectivity index (χ1v) is 12.5. The van der Waals surface area contributed by atoms with Crippen LogP contribution in [0.5, 0.6) is 0 Å². The zero-order chi connectivity index (χ0) is 23.2. The molecule has 0 radical (unpaired) electrons. The molecule has 0 spiro atoms. The number of nitrogens with zero attached hydrogens (tertiary/aromatic N) is 4. The maximum atomic E-state index is 12.8. The SMILES string of the molecule is CCOC(=O)c1c(NC(=O)CSc2nnc(-c3ccncc3)n2CCOC)sc2c1CCC2. The first kappa shape index (κ1) is 23.4. The van der Waals surface area contributed by atoms with Crippen molar-refractivity contribution in [3.8, 4) is 11.4 Å². The van der Waals surface area contributed by atoms with Gasteiger partial charge in [-0.25, -0.2) is 4.79 Å². The molecule has 0 atom stereocenters. The van der Waals surface area contributed by atoms with Gasteiger partial charge in [-0.1, -0.05) is 11.8 Å². The highest BCUT2D eigenvalue weighted by Gasteiger charge is 2.28. The van der Waals surface area contributed by atoms with Gasteiger partial charge in [-0.05, 0) is 43.9 Å². The highest BCUT2D eigenvalue weighted by Crippen LogP contribution is 2.39. The quantitative estimate of drug-likeness (QED) is 0.342. The van der Waals surface area contributed by atoms with E-state index in [-0.39, 0.29) is 17.6 Å². The van der Waals surface area contributed by atoms with Crippen molar-refractivity contribution in [2.24, 2.45) is 0 Å². The number of nitrogens with one attached hydrogen (secondary N) is 1. The van der Waals surface area contributed by atoms with Gasteiger partial charge in [0.25, 0.3) is 0 Å². The van der Waals surface area contributed by atoms with Crippen molar-refractivity contribution in [1.29, 1.82) is 0 Å². The van der Waals surface area contributed by atoms with Gasteiger partial charge in [0.2, 0.25) is 5.91 Å². The zero-order valence-corrected chi connectivity index (χ0v) is 20.1. The summed E-state index contributed by atoms with van der Waals surface area (Å²) in [5.41, 5.74) is 2.41. The Bertz CT molecular complexity index is 1130. The topological polar surface area (TPSA) is 108 Å². The van der Waals surface area contributed by atoms with Crippen LogP contribution in [0, 0.1) is 0 Å². The molecule has 3 aromatic rings. The fourth-order valence-electron chi connectivity index (χ4n) is 3.70. The summed E-state index contributed by atoms with van der Waals surface area (Å²) in [5.74, 6) is 0.238. The lowest BCUT2D eigenvalue weighted by atomic mass is 10.1. The maximum Gasteiger partial charge on any atom is 0.341 e. The van der Waals surface area contributed by atoms with Gasteiger partial charge < -0.3 is 14.8 Å². The van der Waals surface area contributed by atoms with Crippen molar-refractivity contribution in [3.63, 3.8) is 0 Å². The molecular weight excluding hydrogens is 462 g/mol. The van der Waals surface area contributed by atoms with Crippen LogP contribution in [0.25, 0.3) is 11.4 Å². The Hall–Kier alpha value is -2.76. The van der Waals surface area contributed by atoms with Crippen molar-refractivity contribution in [2.45, 2.75) is 37.9 Å². The minimum absolute atomic E-state index is 0.131. The van der Waals surface area contributed by atoms with Gasteiger partial charge in [0.1, 0.15) is 5.00 Å². The molecule has 1 amide bonds. The van der Waals surface area contributed by atoms with E-state index in [1.807, 2.05) is 16.7 Å². The number of hydrogen-bond acceptors (Lipinski definition) is 9. The van der Waals surface area contributed by atoms with Crippen molar-refractivity contribution < 1.29 is 19.1 Å².